The normalized spacial score (nSPS) is 12.2. The molecule has 4 nitrogen and oxygen atoms in total. The zero-order chi connectivity index (χ0) is 12.3. The molecule has 0 saturated heterocycles. The number of nitrogens with two attached hydrogens (primary N) is 2. The van der Waals surface area contributed by atoms with Crippen molar-refractivity contribution in [3.05, 3.63) is 29.1 Å². The van der Waals surface area contributed by atoms with Crippen LogP contribution in [-0.2, 0) is 16.0 Å². The van der Waals surface area contributed by atoms with E-state index in [0.29, 0.717) is 16.8 Å². The molecule has 16 heavy (non-hydrogen) atoms. The molecule has 0 radical (unpaired) electrons. The van der Waals surface area contributed by atoms with E-state index < -0.39 is 17.8 Å². The van der Waals surface area contributed by atoms with Crippen molar-refractivity contribution in [2.75, 3.05) is 12.8 Å². The molecule has 0 aliphatic heterocycles. The molecule has 1 aromatic carbocycles. The molecule has 0 aliphatic carbocycles. The minimum Gasteiger partial charge on any atom is -0.468 e. The summed E-state index contributed by atoms with van der Waals surface area (Å²) < 4.78 is 17.6. The SMILES string of the molecule is COC(=O)[C@@H](N)Cc1cc(F)cc(C)c1N. The molecule has 0 fully saturated rings. The Bertz CT molecular complexity index is 407. The zero-order valence-electron chi connectivity index (χ0n) is 9.29. The average molecular weight is 226 g/mol. The monoisotopic (exact) mass is 226 g/mol. The molecule has 0 saturated carbocycles. The van der Waals surface area contributed by atoms with E-state index in [1.54, 1.807) is 6.92 Å². The van der Waals surface area contributed by atoms with Gasteiger partial charge in [-0.25, -0.2) is 4.39 Å². The Balaban J connectivity index is 2.93. The molecule has 0 spiro atoms. The minimum atomic E-state index is -0.825. The number of ether oxygens (including phenoxy) is 1. The average Bonchev–Trinajstić information content (AvgIpc) is 2.23. The van der Waals surface area contributed by atoms with Crippen LogP contribution in [0.15, 0.2) is 12.1 Å². The first kappa shape index (κ1) is 12.4. The highest BCUT2D eigenvalue weighted by Gasteiger charge is 2.16. The first-order valence-corrected chi connectivity index (χ1v) is 4.83. The van der Waals surface area contributed by atoms with Crippen LogP contribution in [0.4, 0.5) is 10.1 Å². The number of benzene rings is 1. The summed E-state index contributed by atoms with van der Waals surface area (Å²) in [6.07, 6.45) is 0.164. The van der Waals surface area contributed by atoms with Gasteiger partial charge in [0.2, 0.25) is 0 Å². The van der Waals surface area contributed by atoms with Crippen LogP contribution in [0, 0.1) is 12.7 Å². The Kier molecular flexibility index (Phi) is 3.84. The number of halogens is 1. The van der Waals surface area contributed by atoms with Crippen molar-refractivity contribution in [2.45, 2.75) is 19.4 Å². The van der Waals surface area contributed by atoms with Crippen LogP contribution in [0.3, 0.4) is 0 Å². The summed E-state index contributed by atoms with van der Waals surface area (Å²) in [6, 6.07) is 1.79. The van der Waals surface area contributed by atoms with Gasteiger partial charge in [-0.3, -0.25) is 4.79 Å². The summed E-state index contributed by atoms with van der Waals surface area (Å²) in [4.78, 5) is 11.1. The lowest BCUT2D eigenvalue weighted by Crippen LogP contribution is -2.34. The van der Waals surface area contributed by atoms with E-state index >= 15 is 0 Å². The first-order chi connectivity index (χ1) is 7.45. The molecule has 0 bridgehead atoms. The standard InChI is InChI=1S/C11H15FN2O2/c1-6-3-8(12)4-7(10(6)14)5-9(13)11(15)16-2/h3-4,9H,5,13-14H2,1-2H3/t9-/m0/s1. The molecule has 4 N–H and O–H groups in total. The molecule has 1 rings (SSSR count). The largest absolute Gasteiger partial charge is 0.468 e. The fraction of sp³-hybridized carbons (Fsp3) is 0.364. The smallest absolute Gasteiger partial charge is 0.322 e. The fourth-order valence-corrected chi connectivity index (χ4v) is 1.46. The third kappa shape index (κ3) is 2.70. The number of rotatable bonds is 3. The highest BCUT2D eigenvalue weighted by atomic mass is 19.1. The number of hydrogen-bond donors (Lipinski definition) is 2. The van der Waals surface area contributed by atoms with Gasteiger partial charge in [0.05, 0.1) is 7.11 Å². The van der Waals surface area contributed by atoms with Gasteiger partial charge in [0.25, 0.3) is 0 Å². The number of esters is 1. The van der Waals surface area contributed by atoms with Gasteiger partial charge in [0.1, 0.15) is 11.9 Å². The summed E-state index contributed by atoms with van der Waals surface area (Å²) >= 11 is 0. The quantitative estimate of drug-likeness (QED) is 0.589. The van der Waals surface area contributed by atoms with Gasteiger partial charge in [0, 0.05) is 12.1 Å². The van der Waals surface area contributed by atoms with Gasteiger partial charge in [-0.15, -0.1) is 0 Å². The number of carbonyl (C=O) groups excluding carboxylic acids is 1. The molecule has 0 unspecified atom stereocenters. The molecular weight excluding hydrogens is 211 g/mol. The van der Waals surface area contributed by atoms with Crippen LogP contribution in [0.1, 0.15) is 11.1 Å². The van der Waals surface area contributed by atoms with Crippen molar-refractivity contribution >= 4 is 11.7 Å². The maximum atomic E-state index is 13.1. The maximum Gasteiger partial charge on any atom is 0.322 e. The first-order valence-electron chi connectivity index (χ1n) is 4.83. The van der Waals surface area contributed by atoms with Crippen LogP contribution in [0.25, 0.3) is 0 Å². The van der Waals surface area contributed by atoms with E-state index in [1.807, 2.05) is 0 Å². The Morgan fingerprint density at radius 1 is 1.56 bits per heavy atom. The van der Waals surface area contributed by atoms with Crippen molar-refractivity contribution in [3.63, 3.8) is 0 Å². The van der Waals surface area contributed by atoms with Crippen LogP contribution in [-0.4, -0.2) is 19.1 Å². The predicted molar refractivity (Wildman–Crippen MR) is 59.2 cm³/mol. The van der Waals surface area contributed by atoms with E-state index in [-0.39, 0.29) is 6.42 Å². The Morgan fingerprint density at radius 3 is 2.75 bits per heavy atom. The molecule has 0 heterocycles. The second kappa shape index (κ2) is 4.94. The number of aryl methyl sites for hydroxylation is 1. The molecule has 0 aliphatic rings. The Hall–Kier alpha value is -1.62. The van der Waals surface area contributed by atoms with Gasteiger partial charge >= 0.3 is 5.97 Å². The summed E-state index contributed by atoms with van der Waals surface area (Å²) in [5, 5.41) is 0. The lowest BCUT2D eigenvalue weighted by atomic mass is 10.0. The second-order valence-electron chi connectivity index (χ2n) is 3.63. The van der Waals surface area contributed by atoms with Crippen LogP contribution in [0.5, 0.6) is 0 Å². The number of anilines is 1. The molecule has 1 atom stereocenters. The van der Waals surface area contributed by atoms with Crippen molar-refractivity contribution in [3.8, 4) is 0 Å². The number of hydrogen-bond acceptors (Lipinski definition) is 4. The lowest BCUT2D eigenvalue weighted by molar-refractivity contribution is -0.142. The van der Waals surface area contributed by atoms with Gasteiger partial charge in [-0.2, -0.15) is 0 Å². The summed E-state index contributed by atoms with van der Waals surface area (Å²) in [5.41, 5.74) is 13.0. The van der Waals surface area contributed by atoms with E-state index in [4.69, 9.17) is 11.5 Å². The molecule has 1 aromatic rings. The fourth-order valence-electron chi connectivity index (χ4n) is 1.46. The number of carbonyl (C=O) groups is 1. The van der Waals surface area contributed by atoms with Crippen LogP contribution >= 0.6 is 0 Å². The lowest BCUT2D eigenvalue weighted by Gasteiger charge is -2.12. The van der Waals surface area contributed by atoms with Gasteiger partial charge in [0.15, 0.2) is 0 Å². The topological polar surface area (TPSA) is 78.3 Å². The Morgan fingerprint density at radius 2 is 2.19 bits per heavy atom. The van der Waals surface area contributed by atoms with Crippen molar-refractivity contribution < 1.29 is 13.9 Å². The number of methoxy groups -OCH3 is 1. The third-order valence-corrected chi connectivity index (χ3v) is 2.38. The van der Waals surface area contributed by atoms with Crippen LogP contribution < -0.4 is 11.5 Å². The third-order valence-electron chi connectivity index (χ3n) is 2.38. The van der Waals surface area contributed by atoms with E-state index in [0.717, 1.165) is 0 Å². The van der Waals surface area contributed by atoms with E-state index in [2.05, 4.69) is 4.74 Å². The molecule has 88 valence electrons. The highest BCUT2D eigenvalue weighted by Crippen LogP contribution is 2.20. The predicted octanol–water partition coefficient (Wildman–Crippen LogP) is 0.759. The molecular formula is C11H15FN2O2. The number of nitrogen functional groups attached to an aromatic ring is 1. The Labute approximate surface area is 93.4 Å². The van der Waals surface area contributed by atoms with Crippen molar-refractivity contribution in [1.82, 2.24) is 0 Å². The van der Waals surface area contributed by atoms with Gasteiger partial charge in [-0.05, 0) is 30.2 Å². The van der Waals surface area contributed by atoms with E-state index in [9.17, 15) is 9.18 Å². The van der Waals surface area contributed by atoms with Crippen molar-refractivity contribution in [2.24, 2.45) is 5.73 Å². The summed E-state index contributed by atoms with van der Waals surface area (Å²) in [6.45, 7) is 1.70. The second-order valence-corrected chi connectivity index (χ2v) is 3.63. The zero-order valence-corrected chi connectivity index (χ0v) is 9.29. The van der Waals surface area contributed by atoms with Gasteiger partial charge in [-0.1, -0.05) is 0 Å². The maximum absolute atomic E-state index is 13.1. The van der Waals surface area contributed by atoms with Crippen LogP contribution in [0.2, 0.25) is 0 Å². The minimum absolute atomic E-state index is 0.164. The highest BCUT2D eigenvalue weighted by molar-refractivity contribution is 5.76. The molecule has 0 aromatic heterocycles. The summed E-state index contributed by atoms with van der Waals surface area (Å²) in [5.74, 6) is -0.930. The van der Waals surface area contributed by atoms with Crippen molar-refractivity contribution in [1.29, 1.82) is 0 Å². The molecule has 5 heteroatoms. The van der Waals surface area contributed by atoms with Gasteiger partial charge < -0.3 is 16.2 Å². The van der Waals surface area contributed by atoms with E-state index in [1.165, 1.54) is 19.2 Å². The molecule has 0 amide bonds. The summed E-state index contributed by atoms with van der Waals surface area (Å²) in [7, 11) is 1.25.